The first-order chi connectivity index (χ1) is 29.2. The molecule has 60 heavy (non-hydrogen) atoms. The van der Waals surface area contributed by atoms with Gasteiger partial charge >= 0.3 is 0 Å². The lowest BCUT2D eigenvalue weighted by molar-refractivity contribution is -0.137. The first-order valence-electron chi connectivity index (χ1n) is 21.1. The molecule has 5 aromatic rings. The van der Waals surface area contributed by atoms with Crippen LogP contribution in [0.25, 0.3) is 33.3 Å². The molecule has 2 N–H and O–H groups in total. The molecule has 0 radical (unpaired) electrons. The number of aryl methyl sites for hydroxylation is 1. The van der Waals surface area contributed by atoms with Gasteiger partial charge < -0.3 is 19.9 Å². The largest absolute Gasteiger partial charge is 0.381 e. The molecule has 4 aliphatic heterocycles. The summed E-state index contributed by atoms with van der Waals surface area (Å²) in [6, 6.07) is 17.2. The Kier molecular flexibility index (Phi) is 11.0. The number of hydrogen-bond donors (Lipinski definition) is 2. The number of pyridine rings is 2. The van der Waals surface area contributed by atoms with Gasteiger partial charge in [0.15, 0.2) is 0 Å². The van der Waals surface area contributed by atoms with Gasteiger partial charge in [0.25, 0.3) is 11.8 Å². The Hall–Kier alpha value is -6.28. The summed E-state index contributed by atoms with van der Waals surface area (Å²) in [5.74, 6) is -1.05. The normalized spacial score (nSPS) is 18.1. The number of piperidine rings is 1. The van der Waals surface area contributed by atoms with Crippen LogP contribution >= 0.6 is 0 Å². The number of carbonyl (C=O) groups excluding carboxylic acids is 5. The van der Waals surface area contributed by atoms with Gasteiger partial charge in [0.2, 0.25) is 17.7 Å². The molecule has 2 saturated heterocycles. The minimum Gasteiger partial charge on any atom is -0.381 e. The minimum atomic E-state index is -0.631. The summed E-state index contributed by atoms with van der Waals surface area (Å²) in [7, 11) is 0. The molecule has 1 unspecified atom stereocenters. The van der Waals surface area contributed by atoms with Gasteiger partial charge in [-0.1, -0.05) is 36.8 Å². The Morgan fingerprint density at radius 2 is 1.72 bits per heavy atom. The Morgan fingerprint density at radius 1 is 0.883 bits per heavy atom. The number of carbonyl (C=O) groups is 5. The van der Waals surface area contributed by atoms with Crippen molar-refractivity contribution in [1.82, 2.24) is 40.2 Å². The molecule has 5 amide bonds. The smallest absolute Gasteiger partial charge is 0.269 e. The number of unbranched alkanes of at least 4 members (excludes halogenated alkanes) is 2. The van der Waals surface area contributed by atoms with Crippen molar-refractivity contribution in [1.29, 1.82) is 0 Å². The zero-order chi connectivity index (χ0) is 41.3. The molecule has 7 heterocycles. The molecule has 0 aliphatic carbocycles. The molecule has 0 bridgehead atoms. The van der Waals surface area contributed by atoms with Gasteiger partial charge in [-0.05, 0) is 79.3 Å². The Bertz CT molecular complexity index is 2510. The maximum absolute atomic E-state index is 13.2. The van der Waals surface area contributed by atoms with E-state index in [2.05, 4.69) is 32.4 Å². The Morgan fingerprint density at radius 3 is 2.52 bits per heavy atom. The highest BCUT2D eigenvalue weighted by molar-refractivity contribution is 6.05. The maximum atomic E-state index is 13.2. The molecular formula is C46H48N8O6. The number of ether oxygens (including phenoxy) is 1. The van der Waals surface area contributed by atoms with Gasteiger partial charge in [-0.2, -0.15) is 5.10 Å². The average molecular weight is 809 g/mol. The van der Waals surface area contributed by atoms with E-state index in [4.69, 9.17) is 14.8 Å². The van der Waals surface area contributed by atoms with Crippen LogP contribution in [0.3, 0.4) is 0 Å². The molecule has 0 spiro atoms. The number of imide groups is 1. The first-order valence-corrected chi connectivity index (χ1v) is 21.1. The molecule has 2 aromatic carbocycles. The molecule has 9 rings (SSSR count). The molecule has 14 nitrogen and oxygen atoms in total. The highest BCUT2D eigenvalue weighted by Crippen LogP contribution is 2.38. The number of fused-ring (bicyclic) bond motifs is 3. The number of amides is 5. The van der Waals surface area contributed by atoms with E-state index in [1.54, 1.807) is 30.2 Å². The average Bonchev–Trinajstić information content (AvgIpc) is 3.82. The van der Waals surface area contributed by atoms with Crippen molar-refractivity contribution in [3.63, 3.8) is 0 Å². The summed E-state index contributed by atoms with van der Waals surface area (Å²) in [6.45, 7) is 5.16. The van der Waals surface area contributed by atoms with E-state index in [1.807, 2.05) is 41.4 Å². The molecular weight excluding hydrogens is 761 g/mol. The third-order valence-electron chi connectivity index (χ3n) is 12.5. The maximum Gasteiger partial charge on any atom is 0.269 e. The first kappa shape index (κ1) is 39.2. The van der Waals surface area contributed by atoms with Crippen molar-refractivity contribution < 1.29 is 28.7 Å². The van der Waals surface area contributed by atoms with E-state index >= 15 is 0 Å². The number of benzene rings is 2. The predicted octanol–water partition coefficient (Wildman–Crippen LogP) is 5.32. The highest BCUT2D eigenvalue weighted by atomic mass is 16.5. The van der Waals surface area contributed by atoms with Crippen molar-refractivity contribution in [2.75, 3.05) is 26.3 Å². The SMILES string of the molecule is CC(=O)N1CCc2c(c(-c3cccc4cc(-c5ccc(C(=O)NCCCCCc6cccc7c6CN(C6CCC(=O)NC6=O)C7=O)nc5)ncc34)nn2C2CCOCC2)C1. The molecule has 2 fully saturated rings. The van der Waals surface area contributed by atoms with E-state index in [-0.39, 0.29) is 36.1 Å². The third kappa shape index (κ3) is 7.67. The monoisotopic (exact) mass is 808 g/mol. The third-order valence-corrected chi connectivity index (χ3v) is 12.5. The quantitative estimate of drug-likeness (QED) is 0.133. The van der Waals surface area contributed by atoms with Crippen LogP contribution in [0.4, 0.5) is 0 Å². The Balaban J connectivity index is 0.808. The summed E-state index contributed by atoms with van der Waals surface area (Å²) < 4.78 is 7.86. The van der Waals surface area contributed by atoms with Crippen molar-refractivity contribution in [3.8, 4) is 22.5 Å². The van der Waals surface area contributed by atoms with Gasteiger partial charge in [-0.15, -0.1) is 0 Å². The van der Waals surface area contributed by atoms with Crippen LogP contribution in [0, 0.1) is 0 Å². The predicted molar refractivity (Wildman–Crippen MR) is 222 cm³/mol. The topological polar surface area (TPSA) is 169 Å². The lowest BCUT2D eigenvalue weighted by Gasteiger charge is -2.29. The molecule has 3 aromatic heterocycles. The summed E-state index contributed by atoms with van der Waals surface area (Å²) in [5.41, 5.74) is 8.74. The van der Waals surface area contributed by atoms with Crippen LogP contribution < -0.4 is 10.6 Å². The van der Waals surface area contributed by atoms with E-state index in [9.17, 15) is 24.0 Å². The number of hydrogen-bond acceptors (Lipinski definition) is 9. The highest BCUT2D eigenvalue weighted by Gasteiger charge is 2.39. The zero-order valence-electron chi connectivity index (χ0n) is 33.7. The van der Waals surface area contributed by atoms with Crippen molar-refractivity contribution in [2.24, 2.45) is 0 Å². The summed E-state index contributed by atoms with van der Waals surface area (Å²) >= 11 is 0. The van der Waals surface area contributed by atoms with Crippen LogP contribution in [0.2, 0.25) is 0 Å². The fourth-order valence-corrected chi connectivity index (χ4v) is 9.17. The number of nitrogens with zero attached hydrogens (tertiary/aromatic N) is 6. The molecule has 14 heteroatoms. The van der Waals surface area contributed by atoms with Crippen molar-refractivity contribution in [2.45, 2.75) is 89.9 Å². The minimum absolute atomic E-state index is 0.0647. The van der Waals surface area contributed by atoms with Gasteiger partial charge in [-0.3, -0.25) is 43.9 Å². The second-order valence-electron chi connectivity index (χ2n) is 16.2. The van der Waals surface area contributed by atoms with E-state index in [1.165, 1.54) is 5.69 Å². The van der Waals surface area contributed by atoms with Gasteiger partial charge in [0.05, 0.1) is 17.4 Å². The fraction of sp³-hybridized carbons (Fsp3) is 0.391. The van der Waals surface area contributed by atoms with Crippen molar-refractivity contribution >= 4 is 40.3 Å². The van der Waals surface area contributed by atoms with Crippen LogP contribution in [-0.4, -0.2) is 91.4 Å². The van der Waals surface area contributed by atoms with Gasteiger partial charge in [0, 0.05) is 105 Å². The number of rotatable bonds is 11. The zero-order valence-corrected chi connectivity index (χ0v) is 33.7. The van der Waals surface area contributed by atoms with E-state index < -0.39 is 11.9 Å². The summed E-state index contributed by atoms with van der Waals surface area (Å²) in [6.07, 6.45) is 10.1. The van der Waals surface area contributed by atoms with Crippen LogP contribution in [0.5, 0.6) is 0 Å². The lowest BCUT2D eigenvalue weighted by Crippen LogP contribution is -2.52. The lowest BCUT2D eigenvalue weighted by atomic mass is 9.96. The van der Waals surface area contributed by atoms with E-state index in [0.717, 1.165) is 108 Å². The second kappa shape index (κ2) is 16.8. The molecule has 4 aliphatic rings. The van der Waals surface area contributed by atoms with Crippen LogP contribution in [0.1, 0.15) is 101 Å². The van der Waals surface area contributed by atoms with Crippen molar-refractivity contribution in [3.05, 3.63) is 101 Å². The fourth-order valence-electron chi connectivity index (χ4n) is 9.17. The van der Waals surface area contributed by atoms with Crippen LogP contribution in [0.15, 0.2) is 67.0 Å². The van der Waals surface area contributed by atoms with E-state index in [0.29, 0.717) is 43.9 Å². The Labute approximate surface area is 347 Å². The van der Waals surface area contributed by atoms with Gasteiger partial charge in [-0.25, -0.2) is 0 Å². The summed E-state index contributed by atoms with van der Waals surface area (Å²) in [5, 5.41) is 12.6. The molecule has 1 atom stereocenters. The number of nitrogens with one attached hydrogen (secondary N) is 2. The van der Waals surface area contributed by atoms with Gasteiger partial charge in [0.1, 0.15) is 11.7 Å². The number of aromatic nitrogens is 4. The molecule has 0 saturated carbocycles. The molecule has 308 valence electrons. The summed E-state index contributed by atoms with van der Waals surface area (Å²) in [4.78, 5) is 75.5. The van der Waals surface area contributed by atoms with Crippen LogP contribution in [-0.2, 0) is 45.1 Å². The standard InChI is InChI=1S/C46H48N8O6/c1-28(55)52-20-16-40-37(26-52)43(51-54(40)32-17-21-60-22-18-32)33-10-6-9-30-23-39(49-25-35(30)33)31-12-13-38(48-24-31)44(57)47-19-4-2-3-7-29-8-5-11-34-36(29)27-53(46(34)59)41-14-15-42(56)50-45(41)58/h5-6,8-13,23-25,32,41H,2-4,7,14-22,26-27H2,1H3,(H,47,57)(H,50,56,58). The second-order valence-corrected chi connectivity index (χ2v) is 16.2.